The first-order valence-corrected chi connectivity index (χ1v) is 5.46. The highest BCUT2D eigenvalue weighted by Crippen LogP contribution is 2.28. The summed E-state index contributed by atoms with van der Waals surface area (Å²) in [6, 6.07) is 15.6. The van der Waals surface area contributed by atoms with Gasteiger partial charge in [0.1, 0.15) is 0 Å². The van der Waals surface area contributed by atoms with Crippen LogP contribution in [-0.2, 0) is 0 Å². The zero-order chi connectivity index (χ0) is 11.8. The molecule has 0 heterocycles. The van der Waals surface area contributed by atoms with Gasteiger partial charge in [0.05, 0.1) is 0 Å². The molecule has 0 amide bonds. The van der Waals surface area contributed by atoms with Gasteiger partial charge in [-0.3, -0.25) is 4.79 Å². The molecule has 2 nitrogen and oxygen atoms in total. The number of nitrogen functional groups attached to an aromatic ring is 1. The Morgan fingerprint density at radius 3 is 2.35 bits per heavy atom. The van der Waals surface area contributed by atoms with Gasteiger partial charge in [0, 0.05) is 16.6 Å². The summed E-state index contributed by atoms with van der Waals surface area (Å²) in [5.74, 6) is 0. The maximum Gasteiger partial charge on any atom is 0.150 e. The van der Waals surface area contributed by atoms with Crippen LogP contribution < -0.4 is 5.73 Å². The summed E-state index contributed by atoms with van der Waals surface area (Å²) >= 11 is 0. The molecule has 2 heteroatoms. The average Bonchev–Trinajstić information content (AvgIpc) is 2.36. The smallest absolute Gasteiger partial charge is 0.150 e. The quantitative estimate of drug-likeness (QED) is 0.389. The van der Waals surface area contributed by atoms with Crippen LogP contribution in [0.1, 0.15) is 10.4 Å². The molecule has 0 unspecified atom stereocenters. The Morgan fingerprint density at radius 1 is 0.882 bits per heavy atom. The Labute approximate surface area is 98.7 Å². The lowest BCUT2D eigenvalue weighted by Crippen LogP contribution is -1.88. The van der Waals surface area contributed by atoms with Crippen molar-refractivity contribution in [2.24, 2.45) is 0 Å². The zero-order valence-corrected chi connectivity index (χ0v) is 9.18. The lowest BCUT2D eigenvalue weighted by Gasteiger charge is -2.06. The van der Waals surface area contributed by atoms with Gasteiger partial charge in [-0.25, -0.2) is 0 Å². The predicted octanol–water partition coefficient (Wildman–Crippen LogP) is 3.39. The summed E-state index contributed by atoms with van der Waals surface area (Å²) in [4.78, 5) is 11.0. The highest BCUT2D eigenvalue weighted by Gasteiger charge is 2.03. The number of benzene rings is 3. The normalized spacial score (nSPS) is 10.8. The van der Waals surface area contributed by atoms with Crippen molar-refractivity contribution in [3.8, 4) is 0 Å². The van der Waals surface area contributed by atoms with E-state index in [1.165, 1.54) is 0 Å². The van der Waals surface area contributed by atoms with Crippen LogP contribution in [0, 0.1) is 0 Å². The van der Waals surface area contributed by atoms with Crippen LogP contribution in [0.15, 0.2) is 48.5 Å². The van der Waals surface area contributed by atoms with Gasteiger partial charge in [-0.05, 0) is 34.4 Å². The van der Waals surface area contributed by atoms with E-state index in [-0.39, 0.29) is 0 Å². The molecule has 0 radical (unpaired) electrons. The number of rotatable bonds is 1. The Hall–Kier alpha value is -2.35. The largest absolute Gasteiger partial charge is 0.398 e. The summed E-state index contributed by atoms with van der Waals surface area (Å²) in [6.45, 7) is 0. The second-order valence-electron chi connectivity index (χ2n) is 4.11. The number of hydrogen-bond acceptors (Lipinski definition) is 2. The van der Waals surface area contributed by atoms with Crippen molar-refractivity contribution in [2.45, 2.75) is 0 Å². The summed E-state index contributed by atoms with van der Waals surface area (Å²) in [5, 5.41) is 4.11. The van der Waals surface area contributed by atoms with Gasteiger partial charge in [0.2, 0.25) is 0 Å². The van der Waals surface area contributed by atoms with Crippen molar-refractivity contribution in [3.05, 3.63) is 54.1 Å². The van der Waals surface area contributed by atoms with E-state index < -0.39 is 0 Å². The maximum absolute atomic E-state index is 11.0. The Morgan fingerprint density at radius 2 is 1.59 bits per heavy atom. The summed E-state index contributed by atoms with van der Waals surface area (Å²) in [5.41, 5.74) is 7.39. The monoisotopic (exact) mass is 221 g/mol. The molecule has 0 aliphatic heterocycles. The van der Waals surface area contributed by atoms with E-state index in [2.05, 4.69) is 6.07 Å². The van der Waals surface area contributed by atoms with Crippen LogP contribution in [0.25, 0.3) is 21.5 Å². The van der Waals surface area contributed by atoms with Crippen LogP contribution >= 0.6 is 0 Å². The van der Waals surface area contributed by atoms with Crippen molar-refractivity contribution in [1.82, 2.24) is 0 Å². The standard InChI is InChI=1S/C15H11NO/c16-15-6-2-4-11-7-10-3-1-5-12(9-17)13(10)8-14(11)15/h1-9H,16H2. The zero-order valence-electron chi connectivity index (χ0n) is 9.18. The van der Waals surface area contributed by atoms with E-state index in [1.807, 2.05) is 42.5 Å². The SMILES string of the molecule is Nc1cccc2cc3cccc(C=O)c3cc12. The first-order valence-electron chi connectivity index (χ1n) is 5.46. The minimum absolute atomic E-state index is 0.702. The van der Waals surface area contributed by atoms with Crippen molar-refractivity contribution >= 4 is 33.5 Å². The maximum atomic E-state index is 11.0. The molecule has 3 aromatic carbocycles. The molecule has 3 aromatic rings. The molecule has 0 saturated carbocycles. The molecule has 0 bridgehead atoms. The molecule has 82 valence electrons. The molecular weight excluding hydrogens is 210 g/mol. The van der Waals surface area contributed by atoms with Crippen LogP contribution in [0.2, 0.25) is 0 Å². The van der Waals surface area contributed by atoms with Crippen LogP contribution in [0.3, 0.4) is 0 Å². The highest BCUT2D eigenvalue weighted by molar-refractivity contribution is 6.07. The van der Waals surface area contributed by atoms with Crippen LogP contribution in [0.5, 0.6) is 0 Å². The molecule has 0 spiro atoms. The molecule has 17 heavy (non-hydrogen) atoms. The van der Waals surface area contributed by atoms with E-state index >= 15 is 0 Å². The minimum Gasteiger partial charge on any atom is -0.398 e. The molecule has 3 rings (SSSR count). The molecular formula is C15H11NO. The van der Waals surface area contributed by atoms with E-state index in [0.29, 0.717) is 5.56 Å². The minimum atomic E-state index is 0.702. The van der Waals surface area contributed by atoms with Crippen LogP contribution in [-0.4, -0.2) is 6.29 Å². The van der Waals surface area contributed by atoms with E-state index in [0.717, 1.165) is 33.5 Å². The molecule has 0 aliphatic rings. The van der Waals surface area contributed by atoms with E-state index in [9.17, 15) is 4.79 Å². The Kier molecular flexibility index (Phi) is 2.08. The Bertz CT molecular complexity index is 731. The van der Waals surface area contributed by atoms with Gasteiger partial charge in [-0.1, -0.05) is 30.3 Å². The average molecular weight is 221 g/mol. The molecule has 0 aliphatic carbocycles. The van der Waals surface area contributed by atoms with Gasteiger partial charge in [0.25, 0.3) is 0 Å². The van der Waals surface area contributed by atoms with Gasteiger partial charge < -0.3 is 5.73 Å². The van der Waals surface area contributed by atoms with Crippen molar-refractivity contribution in [2.75, 3.05) is 5.73 Å². The number of anilines is 1. The van der Waals surface area contributed by atoms with Gasteiger partial charge in [-0.15, -0.1) is 0 Å². The highest BCUT2D eigenvalue weighted by atomic mass is 16.1. The third kappa shape index (κ3) is 1.46. The van der Waals surface area contributed by atoms with Crippen LogP contribution in [0.4, 0.5) is 5.69 Å². The first kappa shape index (κ1) is 9.85. The van der Waals surface area contributed by atoms with Gasteiger partial charge in [-0.2, -0.15) is 0 Å². The summed E-state index contributed by atoms with van der Waals surface area (Å²) in [7, 11) is 0. The third-order valence-electron chi connectivity index (χ3n) is 3.07. The van der Waals surface area contributed by atoms with E-state index in [4.69, 9.17) is 5.73 Å². The molecule has 0 aromatic heterocycles. The van der Waals surface area contributed by atoms with E-state index in [1.54, 1.807) is 0 Å². The number of carbonyl (C=O) groups is 1. The molecule has 0 saturated heterocycles. The number of carbonyl (C=O) groups excluding carboxylic acids is 1. The second kappa shape index (κ2) is 3.59. The van der Waals surface area contributed by atoms with Crippen molar-refractivity contribution < 1.29 is 4.79 Å². The Balaban J connectivity index is 2.53. The van der Waals surface area contributed by atoms with Gasteiger partial charge in [0.15, 0.2) is 6.29 Å². The lowest BCUT2D eigenvalue weighted by atomic mass is 9.99. The predicted molar refractivity (Wildman–Crippen MR) is 71.3 cm³/mol. The van der Waals surface area contributed by atoms with Crippen molar-refractivity contribution in [1.29, 1.82) is 0 Å². The third-order valence-corrected chi connectivity index (χ3v) is 3.07. The second-order valence-corrected chi connectivity index (χ2v) is 4.11. The fraction of sp³-hybridized carbons (Fsp3) is 0. The topological polar surface area (TPSA) is 43.1 Å². The summed E-state index contributed by atoms with van der Waals surface area (Å²) in [6.07, 6.45) is 0.882. The lowest BCUT2D eigenvalue weighted by molar-refractivity contribution is 0.112. The van der Waals surface area contributed by atoms with Gasteiger partial charge >= 0.3 is 0 Å². The fourth-order valence-corrected chi connectivity index (χ4v) is 2.20. The fourth-order valence-electron chi connectivity index (χ4n) is 2.20. The van der Waals surface area contributed by atoms with Crippen molar-refractivity contribution in [3.63, 3.8) is 0 Å². The molecule has 0 fully saturated rings. The first-order chi connectivity index (χ1) is 8.29. The number of fused-ring (bicyclic) bond motifs is 2. The number of aldehydes is 1. The molecule has 2 N–H and O–H groups in total. The number of hydrogen-bond donors (Lipinski definition) is 1. The summed E-state index contributed by atoms with van der Waals surface area (Å²) < 4.78 is 0. The number of nitrogens with two attached hydrogens (primary N) is 1. The molecule has 0 atom stereocenters.